The fraction of sp³-hybridized carbons (Fsp3) is 0.267. The minimum Gasteiger partial charge on any atom is -0.342 e. The maximum Gasteiger partial charge on any atom is 0.251 e. The number of rotatable bonds is 3. The number of nitrogens with two attached hydrogens (primary N) is 1. The Kier molecular flexibility index (Phi) is 4.69. The zero-order valence-electron chi connectivity index (χ0n) is 12.0. The second-order valence-corrected chi connectivity index (χ2v) is 4.58. The quantitative estimate of drug-likeness (QED) is 0.808. The van der Waals surface area contributed by atoms with E-state index in [-0.39, 0.29) is 11.9 Å². The largest absolute Gasteiger partial charge is 0.342 e. The molecule has 1 unspecified atom stereocenters. The van der Waals surface area contributed by atoms with E-state index in [0.29, 0.717) is 17.9 Å². The maximum absolute atomic E-state index is 12.2. The van der Waals surface area contributed by atoms with Crippen LogP contribution in [0.15, 0.2) is 30.6 Å². The Balaban J connectivity index is 2.12. The number of nitrogens with zero attached hydrogens (tertiary/aromatic N) is 3. The number of benzene rings is 1. The van der Waals surface area contributed by atoms with Crippen LogP contribution in [0.25, 0.3) is 0 Å². The van der Waals surface area contributed by atoms with Crippen LogP contribution < -0.4 is 11.1 Å². The van der Waals surface area contributed by atoms with Crippen LogP contribution in [0, 0.1) is 11.8 Å². The normalized spacial score (nSPS) is 11.4. The second kappa shape index (κ2) is 6.68. The van der Waals surface area contributed by atoms with Gasteiger partial charge in [-0.3, -0.25) is 4.79 Å². The Labute approximate surface area is 123 Å². The third kappa shape index (κ3) is 3.68. The van der Waals surface area contributed by atoms with E-state index < -0.39 is 0 Å². The van der Waals surface area contributed by atoms with E-state index in [9.17, 15) is 4.79 Å². The average molecular weight is 283 g/mol. The number of amides is 1. The molecule has 0 saturated heterocycles. The zero-order chi connectivity index (χ0) is 15.2. The maximum atomic E-state index is 12.2. The number of nitrogens with one attached hydrogen (secondary N) is 1. The summed E-state index contributed by atoms with van der Waals surface area (Å²) in [6.07, 6.45) is 1.60. The molecule has 0 aliphatic heterocycles. The predicted octanol–water partition coefficient (Wildman–Crippen LogP) is 0.616. The van der Waals surface area contributed by atoms with Crippen LogP contribution in [0.5, 0.6) is 0 Å². The summed E-state index contributed by atoms with van der Waals surface area (Å²) in [6, 6.07) is 6.88. The van der Waals surface area contributed by atoms with Crippen molar-refractivity contribution < 1.29 is 4.79 Å². The van der Waals surface area contributed by atoms with Gasteiger partial charge in [0, 0.05) is 18.2 Å². The fourth-order valence-corrected chi connectivity index (χ4v) is 1.92. The van der Waals surface area contributed by atoms with E-state index in [2.05, 4.69) is 27.4 Å². The van der Waals surface area contributed by atoms with Crippen LogP contribution >= 0.6 is 0 Å². The van der Waals surface area contributed by atoms with Crippen LogP contribution in [0.1, 0.15) is 34.7 Å². The molecule has 0 bridgehead atoms. The molecule has 0 aliphatic rings. The third-order valence-corrected chi connectivity index (χ3v) is 2.94. The van der Waals surface area contributed by atoms with Crippen LogP contribution in [-0.4, -0.2) is 27.2 Å². The third-order valence-electron chi connectivity index (χ3n) is 2.94. The lowest BCUT2D eigenvalue weighted by Gasteiger charge is -2.13. The van der Waals surface area contributed by atoms with Gasteiger partial charge in [-0.15, -0.1) is 10.2 Å². The molecule has 21 heavy (non-hydrogen) atoms. The molecule has 2 aromatic rings. The molecule has 0 spiro atoms. The van der Waals surface area contributed by atoms with Gasteiger partial charge in [-0.25, -0.2) is 0 Å². The molecular weight excluding hydrogens is 266 g/mol. The summed E-state index contributed by atoms with van der Waals surface area (Å²) in [4.78, 5) is 12.2. The van der Waals surface area contributed by atoms with Gasteiger partial charge in [-0.1, -0.05) is 17.9 Å². The highest BCUT2D eigenvalue weighted by molar-refractivity contribution is 5.94. The van der Waals surface area contributed by atoms with Gasteiger partial charge < -0.3 is 15.6 Å². The van der Waals surface area contributed by atoms with E-state index in [0.717, 1.165) is 5.56 Å². The lowest BCUT2D eigenvalue weighted by Crippen LogP contribution is -2.28. The molecule has 0 fully saturated rings. The molecule has 1 aromatic heterocycles. The summed E-state index contributed by atoms with van der Waals surface area (Å²) in [5.41, 5.74) is 6.65. The highest BCUT2D eigenvalue weighted by Gasteiger charge is 2.15. The first kappa shape index (κ1) is 14.8. The van der Waals surface area contributed by atoms with Crippen LogP contribution in [0.4, 0.5) is 0 Å². The molecule has 6 heteroatoms. The summed E-state index contributed by atoms with van der Waals surface area (Å²) < 4.78 is 1.77. The SMILES string of the molecule is CC(NC(=O)c1cccc(C#CCN)c1)c1nncn1C. The van der Waals surface area contributed by atoms with Crippen molar-refractivity contribution in [2.45, 2.75) is 13.0 Å². The molecule has 0 radical (unpaired) electrons. The number of hydrogen-bond acceptors (Lipinski definition) is 4. The summed E-state index contributed by atoms with van der Waals surface area (Å²) >= 11 is 0. The van der Waals surface area contributed by atoms with E-state index in [1.54, 1.807) is 29.1 Å². The Morgan fingerprint density at radius 1 is 1.52 bits per heavy atom. The van der Waals surface area contributed by atoms with Gasteiger partial charge in [0.15, 0.2) is 5.82 Å². The van der Waals surface area contributed by atoms with Crippen molar-refractivity contribution in [3.63, 3.8) is 0 Å². The van der Waals surface area contributed by atoms with E-state index in [4.69, 9.17) is 5.73 Å². The lowest BCUT2D eigenvalue weighted by molar-refractivity contribution is 0.0937. The monoisotopic (exact) mass is 283 g/mol. The van der Waals surface area contributed by atoms with Crippen molar-refractivity contribution in [1.82, 2.24) is 20.1 Å². The van der Waals surface area contributed by atoms with Crippen molar-refractivity contribution >= 4 is 5.91 Å². The molecule has 3 N–H and O–H groups in total. The zero-order valence-corrected chi connectivity index (χ0v) is 12.0. The van der Waals surface area contributed by atoms with Gasteiger partial charge in [-0.2, -0.15) is 0 Å². The summed E-state index contributed by atoms with van der Waals surface area (Å²) in [5, 5.41) is 10.7. The molecule has 1 aromatic carbocycles. The van der Waals surface area contributed by atoms with Crippen molar-refractivity contribution in [2.75, 3.05) is 6.54 Å². The van der Waals surface area contributed by atoms with E-state index in [1.807, 2.05) is 20.0 Å². The first-order chi connectivity index (χ1) is 10.1. The molecule has 1 amide bonds. The summed E-state index contributed by atoms with van der Waals surface area (Å²) in [5.74, 6) is 6.19. The highest BCUT2D eigenvalue weighted by Crippen LogP contribution is 2.10. The van der Waals surface area contributed by atoms with Gasteiger partial charge in [0.05, 0.1) is 12.6 Å². The summed E-state index contributed by atoms with van der Waals surface area (Å²) in [7, 11) is 1.83. The lowest BCUT2D eigenvalue weighted by atomic mass is 10.1. The predicted molar refractivity (Wildman–Crippen MR) is 79.3 cm³/mol. The molecule has 1 heterocycles. The minimum absolute atomic E-state index is 0.179. The van der Waals surface area contributed by atoms with Crippen molar-refractivity contribution in [3.05, 3.63) is 47.5 Å². The fourth-order valence-electron chi connectivity index (χ4n) is 1.92. The minimum atomic E-state index is -0.233. The first-order valence-electron chi connectivity index (χ1n) is 6.55. The topological polar surface area (TPSA) is 85.8 Å². The Bertz CT molecular complexity index is 695. The smallest absolute Gasteiger partial charge is 0.251 e. The van der Waals surface area contributed by atoms with Gasteiger partial charge in [0.1, 0.15) is 6.33 Å². The van der Waals surface area contributed by atoms with E-state index >= 15 is 0 Å². The van der Waals surface area contributed by atoms with Crippen LogP contribution in [0.3, 0.4) is 0 Å². The van der Waals surface area contributed by atoms with Gasteiger partial charge in [-0.05, 0) is 25.1 Å². The van der Waals surface area contributed by atoms with Crippen LogP contribution in [-0.2, 0) is 7.05 Å². The molecule has 0 saturated carbocycles. The van der Waals surface area contributed by atoms with Gasteiger partial charge >= 0.3 is 0 Å². The molecular formula is C15H17N5O. The number of carbonyl (C=O) groups excluding carboxylic acids is 1. The number of aromatic nitrogens is 3. The average Bonchev–Trinajstić information content (AvgIpc) is 2.91. The van der Waals surface area contributed by atoms with Gasteiger partial charge in [0.25, 0.3) is 5.91 Å². The van der Waals surface area contributed by atoms with Crippen molar-refractivity contribution in [1.29, 1.82) is 0 Å². The second-order valence-electron chi connectivity index (χ2n) is 4.58. The Morgan fingerprint density at radius 2 is 2.33 bits per heavy atom. The number of hydrogen-bond donors (Lipinski definition) is 2. The Morgan fingerprint density at radius 3 is 3.00 bits per heavy atom. The molecule has 0 aliphatic carbocycles. The van der Waals surface area contributed by atoms with Crippen molar-refractivity contribution in [2.24, 2.45) is 12.8 Å². The molecule has 108 valence electrons. The van der Waals surface area contributed by atoms with Crippen molar-refractivity contribution in [3.8, 4) is 11.8 Å². The van der Waals surface area contributed by atoms with Gasteiger partial charge in [0.2, 0.25) is 0 Å². The summed E-state index contributed by atoms with van der Waals surface area (Å²) in [6.45, 7) is 2.15. The number of carbonyl (C=O) groups is 1. The molecule has 1 atom stereocenters. The number of aryl methyl sites for hydroxylation is 1. The highest BCUT2D eigenvalue weighted by atomic mass is 16.1. The standard InChI is InChI=1S/C15H17N5O/c1-11(14-19-17-10-20(14)2)18-15(21)13-7-3-5-12(9-13)6-4-8-16/h3,5,7,9-11H,8,16H2,1-2H3,(H,18,21). The van der Waals surface area contributed by atoms with E-state index in [1.165, 1.54) is 0 Å². The Hall–Kier alpha value is -2.65. The first-order valence-corrected chi connectivity index (χ1v) is 6.55. The molecule has 2 rings (SSSR count). The molecule has 6 nitrogen and oxygen atoms in total. The van der Waals surface area contributed by atoms with Crippen LogP contribution in [0.2, 0.25) is 0 Å².